The second kappa shape index (κ2) is 6.57. The van der Waals surface area contributed by atoms with Crippen LogP contribution in [0.5, 0.6) is 0 Å². The Balaban J connectivity index is 2.03. The van der Waals surface area contributed by atoms with Gasteiger partial charge in [0.05, 0.1) is 5.02 Å². The largest absolute Gasteiger partial charge is 0.326 e. The summed E-state index contributed by atoms with van der Waals surface area (Å²) in [5, 5.41) is 2.46. The number of nitrogens with one attached hydrogen (secondary N) is 3. The number of aromatic nitrogens is 2. The molecule has 1 heterocycles. The van der Waals surface area contributed by atoms with Crippen molar-refractivity contribution in [3.05, 3.63) is 61.1 Å². The van der Waals surface area contributed by atoms with Crippen LogP contribution in [0.2, 0.25) is 5.02 Å². The molecule has 0 aliphatic rings. The number of hydrogen-bond acceptors (Lipinski definition) is 3. The fourth-order valence-corrected chi connectivity index (χ4v) is 2.14. The Morgan fingerprint density at radius 1 is 1.32 bits per heavy atom. The molecule has 0 saturated carbocycles. The van der Waals surface area contributed by atoms with Crippen molar-refractivity contribution in [3.63, 3.8) is 0 Å². The van der Waals surface area contributed by atoms with E-state index >= 15 is 0 Å². The molecule has 2 aromatic rings. The number of aromatic amines is 2. The molecule has 0 bridgehead atoms. The van der Waals surface area contributed by atoms with Crippen LogP contribution in [0.25, 0.3) is 0 Å². The lowest BCUT2D eigenvalue weighted by Gasteiger charge is -2.07. The van der Waals surface area contributed by atoms with Gasteiger partial charge in [0.1, 0.15) is 5.82 Å². The van der Waals surface area contributed by atoms with E-state index in [2.05, 4.69) is 15.3 Å². The molecule has 0 atom stereocenters. The zero-order valence-electron chi connectivity index (χ0n) is 11.6. The van der Waals surface area contributed by atoms with Crippen LogP contribution >= 0.6 is 11.6 Å². The number of rotatable bonds is 4. The average molecular weight is 326 g/mol. The number of aryl methyl sites for hydroxylation is 1. The first kappa shape index (κ1) is 16.0. The monoisotopic (exact) mass is 325 g/mol. The third kappa shape index (κ3) is 3.82. The molecule has 0 aliphatic carbocycles. The molecule has 2 rings (SSSR count). The summed E-state index contributed by atoms with van der Waals surface area (Å²) in [5.74, 6) is -0.928. The van der Waals surface area contributed by atoms with Crippen LogP contribution in [0, 0.1) is 12.7 Å². The van der Waals surface area contributed by atoms with E-state index in [0.29, 0.717) is 16.9 Å². The quantitative estimate of drug-likeness (QED) is 0.799. The predicted molar refractivity (Wildman–Crippen MR) is 80.8 cm³/mol. The normalized spacial score (nSPS) is 10.5. The van der Waals surface area contributed by atoms with Crippen molar-refractivity contribution < 1.29 is 9.18 Å². The SMILES string of the molecule is Cc1[nH]c(=O)[nH]c(=O)c1CCC(=O)Nc1ccc(F)c(Cl)c1. The maximum Gasteiger partial charge on any atom is 0.325 e. The van der Waals surface area contributed by atoms with Crippen molar-refractivity contribution in [2.24, 2.45) is 0 Å². The molecule has 1 amide bonds. The van der Waals surface area contributed by atoms with Gasteiger partial charge in [0.2, 0.25) is 5.91 Å². The van der Waals surface area contributed by atoms with Crippen LogP contribution in [0.3, 0.4) is 0 Å². The Morgan fingerprint density at radius 2 is 2.05 bits per heavy atom. The molecule has 0 fully saturated rings. The second-order valence-electron chi connectivity index (χ2n) is 4.69. The topological polar surface area (TPSA) is 94.8 Å². The van der Waals surface area contributed by atoms with Crippen molar-refractivity contribution in [2.45, 2.75) is 19.8 Å². The van der Waals surface area contributed by atoms with E-state index in [0.717, 1.165) is 6.07 Å². The number of carbonyl (C=O) groups excluding carboxylic acids is 1. The lowest BCUT2D eigenvalue weighted by atomic mass is 10.1. The van der Waals surface area contributed by atoms with Crippen molar-refractivity contribution in [2.75, 3.05) is 5.32 Å². The lowest BCUT2D eigenvalue weighted by molar-refractivity contribution is -0.116. The highest BCUT2D eigenvalue weighted by Crippen LogP contribution is 2.19. The molecule has 1 aromatic heterocycles. The van der Waals surface area contributed by atoms with Crippen LogP contribution in [-0.4, -0.2) is 15.9 Å². The van der Waals surface area contributed by atoms with Crippen molar-refractivity contribution >= 4 is 23.2 Å². The molecule has 0 saturated heterocycles. The maximum absolute atomic E-state index is 13.0. The fourth-order valence-electron chi connectivity index (χ4n) is 1.96. The summed E-state index contributed by atoms with van der Waals surface area (Å²) >= 11 is 5.62. The number of hydrogen-bond donors (Lipinski definition) is 3. The fraction of sp³-hybridized carbons (Fsp3) is 0.214. The smallest absolute Gasteiger partial charge is 0.325 e. The Hall–Kier alpha value is -2.41. The van der Waals surface area contributed by atoms with Gasteiger partial charge in [-0.2, -0.15) is 0 Å². The maximum atomic E-state index is 13.0. The second-order valence-corrected chi connectivity index (χ2v) is 5.10. The Labute approximate surface area is 129 Å². The number of anilines is 1. The van der Waals surface area contributed by atoms with Crippen LogP contribution in [0.4, 0.5) is 10.1 Å². The zero-order chi connectivity index (χ0) is 16.3. The van der Waals surface area contributed by atoms with Crippen molar-refractivity contribution in [1.29, 1.82) is 0 Å². The number of H-pyrrole nitrogens is 2. The summed E-state index contributed by atoms with van der Waals surface area (Å²) in [6.45, 7) is 1.59. The Bertz CT molecular complexity index is 829. The number of carbonyl (C=O) groups is 1. The molecule has 0 aliphatic heterocycles. The van der Waals surface area contributed by atoms with Gasteiger partial charge in [-0.25, -0.2) is 9.18 Å². The zero-order valence-corrected chi connectivity index (χ0v) is 12.4. The van der Waals surface area contributed by atoms with E-state index in [-0.39, 0.29) is 23.8 Å². The van der Waals surface area contributed by atoms with Gasteiger partial charge >= 0.3 is 5.69 Å². The average Bonchev–Trinajstić information content (AvgIpc) is 2.41. The van der Waals surface area contributed by atoms with Gasteiger partial charge in [-0.3, -0.25) is 14.6 Å². The highest BCUT2D eigenvalue weighted by Gasteiger charge is 2.10. The summed E-state index contributed by atoms with van der Waals surface area (Å²) in [4.78, 5) is 39.1. The standard InChI is InChI=1S/C14H13ClFN3O3/c1-7-9(13(21)19-14(22)17-7)3-5-12(20)18-8-2-4-11(16)10(15)6-8/h2,4,6H,3,5H2,1H3,(H,18,20)(H2,17,19,21,22). The molecule has 3 N–H and O–H groups in total. The van der Waals surface area contributed by atoms with Gasteiger partial charge in [-0.1, -0.05) is 11.6 Å². The van der Waals surface area contributed by atoms with Crippen LogP contribution in [0.1, 0.15) is 17.7 Å². The summed E-state index contributed by atoms with van der Waals surface area (Å²) in [6.07, 6.45) is 0.198. The molecule has 0 radical (unpaired) electrons. The third-order valence-corrected chi connectivity index (χ3v) is 3.35. The Kier molecular flexibility index (Phi) is 4.77. The highest BCUT2D eigenvalue weighted by molar-refractivity contribution is 6.31. The molecule has 0 spiro atoms. The van der Waals surface area contributed by atoms with E-state index < -0.39 is 17.1 Å². The Morgan fingerprint density at radius 3 is 2.68 bits per heavy atom. The highest BCUT2D eigenvalue weighted by atomic mass is 35.5. The minimum absolute atomic E-state index is 0.0327. The molecule has 8 heteroatoms. The summed E-state index contributed by atoms with van der Waals surface area (Å²) < 4.78 is 13.0. The minimum Gasteiger partial charge on any atom is -0.326 e. The summed E-state index contributed by atoms with van der Waals surface area (Å²) in [5.41, 5.74) is 0.0253. The first-order chi connectivity index (χ1) is 10.4. The van der Waals surface area contributed by atoms with Gasteiger partial charge < -0.3 is 10.3 Å². The molecule has 0 unspecified atom stereocenters. The van der Waals surface area contributed by atoms with Gasteiger partial charge in [-0.05, 0) is 31.5 Å². The van der Waals surface area contributed by atoms with E-state index in [1.807, 2.05) is 0 Å². The number of amides is 1. The minimum atomic E-state index is -0.586. The van der Waals surface area contributed by atoms with E-state index in [1.165, 1.54) is 12.1 Å². The lowest BCUT2D eigenvalue weighted by Crippen LogP contribution is -2.27. The molecule has 116 valence electrons. The summed E-state index contributed by atoms with van der Waals surface area (Å²) in [7, 11) is 0. The van der Waals surface area contributed by atoms with E-state index in [9.17, 15) is 18.8 Å². The summed E-state index contributed by atoms with van der Waals surface area (Å²) in [6, 6.07) is 3.83. The number of benzene rings is 1. The third-order valence-electron chi connectivity index (χ3n) is 3.06. The molecule has 1 aromatic carbocycles. The molecule has 22 heavy (non-hydrogen) atoms. The van der Waals surface area contributed by atoms with Crippen molar-refractivity contribution in [1.82, 2.24) is 9.97 Å². The van der Waals surface area contributed by atoms with Gasteiger partial charge in [0, 0.05) is 23.4 Å². The van der Waals surface area contributed by atoms with E-state index in [1.54, 1.807) is 6.92 Å². The first-order valence-electron chi connectivity index (χ1n) is 6.44. The molecular formula is C14H13ClFN3O3. The van der Waals surface area contributed by atoms with Crippen molar-refractivity contribution in [3.8, 4) is 0 Å². The van der Waals surface area contributed by atoms with Crippen LogP contribution < -0.4 is 16.6 Å². The first-order valence-corrected chi connectivity index (χ1v) is 6.81. The van der Waals surface area contributed by atoms with Crippen LogP contribution in [0.15, 0.2) is 27.8 Å². The van der Waals surface area contributed by atoms with E-state index in [4.69, 9.17) is 11.6 Å². The number of halogens is 2. The predicted octanol–water partition coefficient (Wildman–Crippen LogP) is 1.74. The molecule has 6 nitrogen and oxygen atoms in total. The van der Waals surface area contributed by atoms with Crippen LogP contribution in [-0.2, 0) is 11.2 Å². The van der Waals surface area contributed by atoms with Gasteiger partial charge in [0.15, 0.2) is 0 Å². The van der Waals surface area contributed by atoms with Gasteiger partial charge in [-0.15, -0.1) is 0 Å². The molecular weight excluding hydrogens is 313 g/mol. The van der Waals surface area contributed by atoms with Gasteiger partial charge in [0.25, 0.3) is 5.56 Å².